The van der Waals surface area contributed by atoms with Crippen LogP contribution in [0.15, 0.2) is 0 Å². The zero-order chi connectivity index (χ0) is 15.8. The van der Waals surface area contributed by atoms with Crippen LogP contribution in [-0.4, -0.2) is 12.4 Å². The Morgan fingerprint density at radius 2 is 1.50 bits per heavy atom. The van der Waals surface area contributed by atoms with Gasteiger partial charge in [-0.1, -0.05) is 33.1 Å². The standard InChI is InChI=1S/C14H22F6/c1-4-9(2)10-6-5-7-11(8-10)12(3,13(15,16)17)14(18,19)20/h9-11H,4-8H2,1-3H3. The lowest BCUT2D eigenvalue weighted by Crippen LogP contribution is -2.54. The summed E-state index contributed by atoms with van der Waals surface area (Å²) in [6.45, 7) is 4.16. The summed E-state index contributed by atoms with van der Waals surface area (Å²) in [4.78, 5) is 0. The molecule has 1 aliphatic carbocycles. The van der Waals surface area contributed by atoms with Crippen molar-refractivity contribution in [2.24, 2.45) is 23.2 Å². The van der Waals surface area contributed by atoms with Crippen LogP contribution in [0.5, 0.6) is 0 Å². The number of alkyl halides is 6. The summed E-state index contributed by atoms with van der Waals surface area (Å²) in [7, 11) is 0. The molecule has 0 N–H and O–H groups in total. The van der Waals surface area contributed by atoms with E-state index in [1.54, 1.807) is 0 Å². The molecular formula is C14H22F6. The fraction of sp³-hybridized carbons (Fsp3) is 1.00. The maximum atomic E-state index is 13.1. The van der Waals surface area contributed by atoms with Gasteiger partial charge in [-0.05, 0) is 37.5 Å². The predicted octanol–water partition coefficient (Wildman–Crippen LogP) is 5.97. The molecule has 0 aromatic rings. The Morgan fingerprint density at radius 1 is 1.00 bits per heavy atom. The van der Waals surface area contributed by atoms with Crippen LogP contribution in [0.2, 0.25) is 0 Å². The molecule has 1 rings (SSSR count). The van der Waals surface area contributed by atoms with Gasteiger partial charge in [0.1, 0.15) is 0 Å². The maximum absolute atomic E-state index is 13.1. The molecular weight excluding hydrogens is 282 g/mol. The second-order valence-electron chi connectivity index (χ2n) is 6.21. The van der Waals surface area contributed by atoms with Crippen molar-refractivity contribution in [2.45, 2.75) is 65.2 Å². The van der Waals surface area contributed by atoms with Crippen LogP contribution < -0.4 is 0 Å². The van der Waals surface area contributed by atoms with Gasteiger partial charge in [-0.15, -0.1) is 0 Å². The highest BCUT2D eigenvalue weighted by atomic mass is 19.4. The molecule has 0 aliphatic heterocycles. The molecule has 0 aromatic carbocycles. The molecule has 1 fully saturated rings. The summed E-state index contributed by atoms with van der Waals surface area (Å²) in [6.07, 6.45) is -8.53. The SMILES string of the molecule is CCC(C)C1CCCC(C(C)(C(F)(F)F)C(F)(F)F)C1. The molecule has 0 nitrogen and oxygen atoms in total. The van der Waals surface area contributed by atoms with E-state index < -0.39 is 23.7 Å². The first-order chi connectivity index (χ1) is 8.95. The minimum Gasteiger partial charge on any atom is -0.170 e. The van der Waals surface area contributed by atoms with E-state index in [0.29, 0.717) is 13.3 Å². The van der Waals surface area contributed by atoms with E-state index in [0.717, 1.165) is 12.8 Å². The van der Waals surface area contributed by atoms with Crippen LogP contribution in [-0.2, 0) is 0 Å². The molecule has 0 radical (unpaired) electrons. The van der Waals surface area contributed by atoms with Gasteiger partial charge in [-0.3, -0.25) is 0 Å². The fourth-order valence-electron chi connectivity index (χ4n) is 3.23. The molecule has 6 heteroatoms. The Kier molecular flexibility index (Phi) is 5.08. The molecule has 0 spiro atoms. The number of rotatable bonds is 3. The topological polar surface area (TPSA) is 0 Å². The second kappa shape index (κ2) is 5.76. The van der Waals surface area contributed by atoms with Crippen molar-refractivity contribution in [1.29, 1.82) is 0 Å². The third kappa shape index (κ3) is 3.08. The van der Waals surface area contributed by atoms with Gasteiger partial charge in [-0.25, -0.2) is 0 Å². The van der Waals surface area contributed by atoms with Crippen molar-refractivity contribution in [3.8, 4) is 0 Å². The van der Waals surface area contributed by atoms with E-state index in [2.05, 4.69) is 0 Å². The third-order valence-corrected chi connectivity index (χ3v) is 5.16. The third-order valence-electron chi connectivity index (χ3n) is 5.16. The van der Waals surface area contributed by atoms with E-state index >= 15 is 0 Å². The predicted molar refractivity (Wildman–Crippen MR) is 65.1 cm³/mol. The summed E-state index contributed by atoms with van der Waals surface area (Å²) in [5, 5.41) is 0. The van der Waals surface area contributed by atoms with E-state index in [1.165, 1.54) is 0 Å². The van der Waals surface area contributed by atoms with Gasteiger partial charge in [0.15, 0.2) is 5.41 Å². The molecule has 1 aliphatic rings. The minimum atomic E-state index is -5.26. The average Bonchev–Trinajstić information content (AvgIpc) is 2.34. The monoisotopic (exact) mass is 304 g/mol. The summed E-state index contributed by atoms with van der Waals surface area (Å²) in [5.41, 5.74) is -3.59. The molecule has 20 heavy (non-hydrogen) atoms. The van der Waals surface area contributed by atoms with E-state index in [1.807, 2.05) is 13.8 Å². The van der Waals surface area contributed by atoms with Gasteiger partial charge >= 0.3 is 12.4 Å². The molecule has 0 saturated heterocycles. The van der Waals surface area contributed by atoms with Gasteiger partial charge in [-0.2, -0.15) is 26.3 Å². The smallest absolute Gasteiger partial charge is 0.170 e. The van der Waals surface area contributed by atoms with E-state index in [-0.39, 0.29) is 24.7 Å². The highest BCUT2D eigenvalue weighted by Gasteiger charge is 2.70. The van der Waals surface area contributed by atoms with Crippen LogP contribution >= 0.6 is 0 Å². The first-order valence-corrected chi connectivity index (χ1v) is 7.08. The van der Waals surface area contributed by atoms with Crippen molar-refractivity contribution < 1.29 is 26.3 Å². The van der Waals surface area contributed by atoms with E-state index in [4.69, 9.17) is 0 Å². The Morgan fingerprint density at radius 3 is 1.90 bits per heavy atom. The maximum Gasteiger partial charge on any atom is 0.403 e. The zero-order valence-corrected chi connectivity index (χ0v) is 12.0. The van der Waals surface area contributed by atoms with Crippen molar-refractivity contribution in [2.75, 3.05) is 0 Å². The van der Waals surface area contributed by atoms with Crippen molar-refractivity contribution in [3.63, 3.8) is 0 Å². The molecule has 1 saturated carbocycles. The zero-order valence-electron chi connectivity index (χ0n) is 12.0. The Hall–Kier alpha value is -0.420. The van der Waals surface area contributed by atoms with Crippen LogP contribution in [0.1, 0.15) is 52.9 Å². The number of halogens is 6. The highest BCUT2D eigenvalue weighted by Crippen LogP contribution is 2.59. The lowest BCUT2D eigenvalue weighted by Gasteiger charge is -2.45. The van der Waals surface area contributed by atoms with Gasteiger partial charge in [0.2, 0.25) is 0 Å². The van der Waals surface area contributed by atoms with Crippen molar-refractivity contribution in [3.05, 3.63) is 0 Å². The van der Waals surface area contributed by atoms with Gasteiger partial charge in [0.25, 0.3) is 0 Å². The number of hydrogen-bond donors (Lipinski definition) is 0. The van der Waals surface area contributed by atoms with Gasteiger partial charge in [0.05, 0.1) is 0 Å². The molecule has 0 aromatic heterocycles. The van der Waals surface area contributed by atoms with Crippen LogP contribution in [0.25, 0.3) is 0 Å². The first-order valence-electron chi connectivity index (χ1n) is 7.08. The highest BCUT2D eigenvalue weighted by molar-refractivity contribution is 4.97. The molecule has 3 unspecified atom stereocenters. The average molecular weight is 304 g/mol. The van der Waals surface area contributed by atoms with Crippen LogP contribution in [0.4, 0.5) is 26.3 Å². The molecule has 0 heterocycles. The Labute approximate surface area is 115 Å². The minimum absolute atomic E-state index is 0.00243. The van der Waals surface area contributed by atoms with Crippen molar-refractivity contribution >= 4 is 0 Å². The van der Waals surface area contributed by atoms with Crippen LogP contribution in [0, 0.1) is 23.2 Å². The lowest BCUT2D eigenvalue weighted by molar-refractivity contribution is -0.355. The largest absolute Gasteiger partial charge is 0.403 e. The van der Waals surface area contributed by atoms with Crippen molar-refractivity contribution in [1.82, 2.24) is 0 Å². The normalized spacial score (nSPS) is 27.4. The summed E-state index contributed by atoms with van der Waals surface area (Å²) < 4.78 is 78.4. The van der Waals surface area contributed by atoms with E-state index in [9.17, 15) is 26.3 Å². The second-order valence-corrected chi connectivity index (χ2v) is 6.21. The summed E-state index contributed by atoms with van der Waals surface area (Å²) >= 11 is 0. The summed E-state index contributed by atoms with van der Waals surface area (Å²) in [5.74, 6) is -1.23. The Balaban J connectivity index is 3.04. The lowest BCUT2D eigenvalue weighted by atomic mass is 9.64. The first kappa shape index (κ1) is 17.6. The molecule has 120 valence electrons. The number of hydrogen-bond acceptors (Lipinski definition) is 0. The molecule has 0 bridgehead atoms. The van der Waals surface area contributed by atoms with Crippen LogP contribution in [0.3, 0.4) is 0 Å². The fourth-order valence-corrected chi connectivity index (χ4v) is 3.23. The van der Waals surface area contributed by atoms with Gasteiger partial charge in [0, 0.05) is 0 Å². The quantitative estimate of drug-likeness (QED) is 0.563. The summed E-state index contributed by atoms with van der Waals surface area (Å²) in [6, 6.07) is 0. The Bertz CT molecular complexity index is 303. The molecule has 0 amide bonds. The molecule has 3 atom stereocenters. The van der Waals surface area contributed by atoms with Gasteiger partial charge < -0.3 is 0 Å².